The number of benzene rings is 1. The van der Waals surface area contributed by atoms with Crippen molar-refractivity contribution in [2.24, 2.45) is 0 Å². The van der Waals surface area contributed by atoms with Crippen molar-refractivity contribution in [1.82, 2.24) is 19.9 Å². The molecule has 0 unspecified atom stereocenters. The number of anilines is 1. The van der Waals surface area contributed by atoms with Gasteiger partial charge in [0, 0.05) is 32.0 Å². The van der Waals surface area contributed by atoms with Crippen molar-refractivity contribution < 1.29 is 18.7 Å². The summed E-state index contributed by atoms with van der Waals surface area (Å²) in [7, 11) is 0. The quantitative estimate of drug-likeness (QED) is 0.386. The van der Waals surface area contributed by atoms with Crippen molar-refractivity contribution in [3.63, 3.8) is 0 Å². The molecule has 0 spiro atoms. The van der Waals surface area contributed by atoms with E-state index < -0.39 is 11.7 Å². The van der Waals surface area contributed by atoms with Crippen molar-refractivity contribution in [2.45, 2.75) is 45.9 Å². The summed E-state index contributed by atoms with van der Waals surface area (Å²) in [4.78, 5) is 35.8. The van der Waals surface area contributed by atoms with Crippen LogP contribution in [0.3, 0.4) is 0 Å². The average molecular weight is 482 g/mol. The number of thiazole rings is 1. The summed E-state index contributed by atoms with van der Waals surface area (Å²) in [6.45, 7) is 6.90. The Morgan fingerprint density at radius 2 is 2.09 bits per heavy atom. The Labute approximate surface area is 201 Å². The van der Waals surface area contributed by atoms with E-state index in [-0.39, 0.29) is 18.2 Å². The zero-order valence-corrected chi connectivity index (χ0v) is 20.2. The monoisotopic (exact) mass is 481 g/mol. The van der Waals surface area contributed by atoms with Crippen molar-refractivity contribution in [1.29, 1.82) is 0 Å². The number of amides is 2. The summed E-state index contributed by atoms with van der Waals surface area (Å²) in [6.07, 6.45) is 7.07. The highest BCUT2D eigenvalue weighted by molar-refractivity contribution is 7.22. The number of para-hydroxylation sites is 1. The van der Waals surface area contributed by atoms with Gasteiger partial charge in [0.2, 0.25) is 0 Å². The van der Waals surface area contributed by atoms with E-state index in [0.717, 1.165) is 22.3 Å². The highest BCUT2D eigenvalue weighted by Crippen LogP contribution is 2.32. The van der Waals surface area contributed by atoms with Crippen LogP contribution in [0.15, 0.2) is 59.7 Å². The Morgan fingerprint density at radius 3 is 2.79 bits per heavy atom. The van der Waals surface area contributed by atoms with Gasteiger partial charge in [-0.25, -0.2) is 14.8 Å². The topological polar surface area (TPSA) is 102 Å². The smallest absolute Gasteiger partial charge is 0.407 e. The van der Waals surface area contributed by atoms with Gasteiger partial charge in [-0.2, -0.15) is 0 Å². The molecule has 4 rings (SSSR count). The molecule has 0 aliphatic rings. The van der Waals surface area contributed by atoms with Gasteiger partial charge >= 0.3 is 6.09 Å². The van der Waals surface area contributed by atoms with Crippen molar-refractivity contribution in [3.05, 3.63) is 66.6 Å². The number of hydrogen-bond donors (Lipinski definition) is 1. The molecular formula is C24H27N5O4S. The number of imidazole rings is 1. The molecule has 0 saturated carbocycles. The first kappa shape index (κ1) is 23.5. The van der Waals surface area contributed by atoms with E-state index in [0.29, 0.717) is 18.1 Å². The number of alkyl carbamates (subject to hydrolysis) is 1. The van der Waals surface area contributed by atoms with Gasteiger partial charge in [0.1, 0.15) is 5.60 Å². The lowest BCUT2D eigenvalue weighted by Crippen LogP contribution is -2.32. The molecule has 3 heterocycles. The van der Waals surface area contributed by atoms with Crippen LogP contribution >= 0.6 is 11.3 Å². The molecule has 3 aromatic heterocycles. The maximum atomic E-state index is 13.2. The molecule has 10 heteroatoms. The van der Waals surface area contributed by atoms with Crippen LogP contribution in [0.2, 0.25) is 0 Å². The van der Waals surface area contributed by atoms with E-state index in [1.807, 2.05) is 49.7 Å². The van der Waals surface area contributed by atoms with E-state index >= 15 is 0 Å². The van der Waals surface area contributed by atoms with E-state index in [4.69, 9.17) is 14.1 Å². The van der Waals surface area contributed by atoms with Crippen LogP contribution in [0.5, 0.6) is 0 Å². The molecule has 0 aliphatic heterocycles. The van der Waals surface area contributed by atoms with Crippen LogP contribution in [-0.4, -0.2) is 38.7 Å². The summed E-state index contributed by atoms with van der Waals surface area (Å²) < 4.78 is 13.6. The summed E-state index contributed by atoms with van der Waals surface area (Å²) in [5.41, 5.74) is 1.01. The average Bonchev–Trinajstić information content (AvgIpc) is 3.55. The highest BCUT2D eigenvalue weighted by Gasteiger charge is 2.24. The number of furan rings is 1. The molecule has 0 saturated heterocycles. The Bertz CT molecular complexity index is 1240. The molecule has 9 nitrogen and oxygen atoms in total. The van der Waals surface area contributed by atoms with Crippen molar-refractivity contribution in [3.8, 4) is 0 Å². The second-order valence-electron chi connectivity index (χ2n) is 8.70. The summed E-state index contributed by atoms with van der Waals surface area (Å²) >= 11 is 1.43. The van der Waals surface area contributed by atoms with Gasteiger partial charge in [0.15, 0.2) is 10.9 Å². The van der Waals surface area contributed by atoms with Crippen LogP contribution in [0.4, 0.5) is 9.93 Å². The van der Waals surface area contributed by atoms with Gasteiger partial charge in [-0.15, -0.1) is 0 Å². The number of aryl methyl sites for hydroxylation is 1. The number of hydrogen-bond acceptors (Lipinski definition) is 7. The van der Waals surface area contributed by atoms with Gasteiger partial charge < -0.3 is 19.0 Å². The second kappa shape index (κ2) is 10.1. The largest absolute Gasteiger partial charge is 0.459 e. The van der Waals surface area contributed by atoms with Gasteiger partial charge in [-0.1, -0.05) is 23.5 Å². The lowest BCUT2D eigenvalue weighted by Gasteiger charge is -2.19. The Morgan fingerprint density at radius 1 is 1.24 bits per heavy atom. The lowest BCUT2D eigenvalue weighted by atomic mass is 10.2. The Balaban J connectivity index is 1.55. The normalized spacial score (nSPS) is 11.5. The van der Waals surface area contributed by atoms with Crippen LogP contribution in [0.1, 0.15) is 43.3 Å². The molecule has 1 N–H and O–H groups in total. The summed E-state index contributed by atoms with van der Waals surface area (Å²) in [5, 5.41) is 3.36. The van der Waals surface area contributed by atoms with Gasteiger partial charge in [0.05, 0.1) is 22.8 Å². The number of carbonyl (C=O) groups excluding carboxylic acids is 2. The van der Waals surface area contributed by atoms with E-state index in [2.05, 4.69) is 10.3 Å². The third-order valence-corrected chi connectivity index (χ3v) is 5.92. The second-order valence-corrected chi connectivity index (χ2v) is 9.71. The lowest BCUT2D eigenvalue weighted by molar-refractivity contribution is 0.0523. The van der Waals surface area contributed by atoms with E-state index in [1.54, 1.807) is 29.6 Å². The first-order valence-corrected chi connectivity index (χ1v) is 11.8. The van der Waals surface area contributed by atoms with Gasteiger partial charge in [-0.3, -0.25) is 9.69 Å². The minimum Gasteiger partial charge on any atom is -0.459 e. The Kier molecular flexibility index (Phi) is 6.97. The van der Waals surface area contributed by atoms with Crippen molar-refractivity contribution in [2.75, 3.05) is 11.4 Å². The van der Waals surface area contributed by atoms with Crippen LogP contribution < -0.4 is 10.2 Å². The fourth-order valence-electron chi connectivity index (χ4n) is 3.38. The molecule has 178 valence electrons. The van der Waals surface area contributed by atoms with Crippen LogP contribution in [0, 0.1) is 0 Å². The predicted octanol–water partition coefficient (Wildman–Crippen LogP) is 4.85. The Hall–Kier alpha value is -3.66. The molecule has 0 fully saturated rings. The number of ether oxygens (including phenoxy) is 1. The van der Waals surface area contributed by atoms with Gasteiger partial charge in [0.25, 0.3) is 5.91 Å². The van der Waals surface area contributed by atoms with Crippen molar-refractivity contribution >= 4 is 38.7 Å². The predicted molar refractivity (Wildman–Crippen MR) is 130 cm³/mol. The fraction of sp³-hybridized carbons (Fsp3) is 0.333. The standard InChI is InChI=1S/C24H27N5O4S/c1-24(2,3)33-23(31)26-15-17-7-4-9-19-20(17)27-22(34-19)29(21(30)18-8-5-14-32-18)12-6-11-28-13-10-25-16-28/h4-5,7-10,13-14,16H,6,11-12,15H2,1-3H3,(H,26,31). The first-order valence-electron chi connectivity index (χ1n) is 11.0. The SMILES string of the molecule is CC(C)(C)OC(=O)NCc1cccc2sc(N(CCCn3ccnc3)C(=O)c3ccco3)nc12. The zero-order chi connectivity index (χ0) is 24.1. The molecule has 0 bridgehead atoms. The van der Waals surface area contributed by atoms with Gasteiger partial charge in [-0.05, 0) is 51.0 Å². The summed E-state index contributed by atoms with van der Waals surface area (Å²) in [5.74, 6) is 0.0109. The summed E-state index contributed by atoms with van der Waals surface area (Å²) in [6, 6.07) is 9.11. The number of nitrogens with one attached hydrogen (secondary N) is 1. The maximum absolute atomic E-state index is 13.2. The molecule has 34 heavy (non-hydrogen) atoms. The molecule has 2 amide bonds. The van der Waals surface area contributed by atoms with Crippen LogP contribution in [-0.2, 0) is 17.8 Å². The zero-order valence-electron chi connectivity index (χ0n) is 19.4. The first-order chi connectivity index (χ1) is 16.3. The third kappa shape index (κ3) is 5.82. The number of aromatic nitrogens is 3. The number of rotatable bonds is 8. The van der Waals surface area contributed by atoms with E-state index in [1.165, 1.54) is 17.6 Å². The third-order valence-electron chi connectivity index (χ3n) is 4.88. The van der Waals surface area contributed by atoms with E-state index in [9.17, 15) is 9.59 Å². The molecular weight excluding hydrogens is 454 g/mol. The number of carbonyl (C=O) groups is 2. The minimum atomic E-state index is -0.576. The van der Waals surface area contributed by atoms with Crippen LogP contribution in [0.25, 0.3) is 10.2 Å². The molecule has 0 atom stereocenters. The number of nitrogens with zero attached hydrogens (tertiary/aromatic N) is 4. The molecule has 4 aromatic rings. The number of fused-ring (bicyclic) bond motifs is 1. The molecule has 1 aromatic carbocycles. The minimum absolute atomic E-state index is 0.247. The highest BCUT2D eigenvalue weighted by atomic mass is 32.1. The maximum Gasteiger partial charge on any atom is 0.407 e. The molecule has 0 aliphatic carbocycles. The molecule has 0 radical (unpaired) electrons. The fourth-order valence-corrected chi connectivity index (χ4v) is 4.42.